The van der Waals surface area contributed by atoms with Crippen LogP contribution in [0.25, 0.3) is 0 Å². The molecular weight excluding hydrogens is 284 g/mol. The van der Waals surface area contributed by atoms with E-state index in [1.165, 1.54) is 24.0 Å². The van der Waals surface area contributed by atoms with Crippen LogP contribution in [0.15, 0.2) is 36.4 Å². The van der Waals surface area contributed by atoms with E-state index >= 15 is 0 Å². The monoisotopic (exact) mass is 302 g/mol. The third-order valence-corrected chi connectivity index (χ3v) is 4.60. The molecule has 0 fully saturated rings. The van der Waals surface area contributed by atoms with Gasteiger partial charge in [-0.05, 0) is 48.1 Å². The van der Waals surface area contributed by atoms with Gasteiger partial charge >= 0.3 is 0 Å². The van der Waals surface area contributed by atoms with Crippen LogP contribution in [0, 0.1) is 0 Å². The van der Waals surface area contributed by atoms with Crippen molar-refractivity contribution >= 4 is 11.6 Å². The minimum absolute atomic E-state index is 0.276. The van der Waals surface area contributed by atoms with Gasteiger partial charge in [-0.1, -0.05) is 24.3 Å². The Kier molecular flexibility index (Phi) is 4.07. The van der Waals surface area contributed by atoms with Gasteiger partial charge in [0, 0.05) is 0 Å². The molecule has 2 aromatic carbocycles. The van der Waals surface area contributed by atoms with Crippen molar-refractivity contribution in [3.63, 3.8) is 0 Å². The van der Waals surface area contributed by atoms with Crippen LogP contribution in [0.4, 0.5) is 0 Å². The lowest BCUT2D eigenvalue weighted by Crippen LogP contribution is -2.01. The predicted molar refractivity (Wildman–Crippen MR) is 85.7 cm³/mol. The molecule has 0 heterocycles. The highest BCUT2D eigenvalue weighted by molar-refractivity contribution is 6.23. The van der Waals surface area contributed by atoms with Gasteiger partial charge in [0.05, 0.1) is 25.2 Å². The molecule has 1 atom stereocenters. The second-order valence-corrected chi connectivity index (χ2v) is 5.76. The van der Waals surface area contributed by atoms with Crippen LogP contribution in [0.5, 0.6) is 11.5 Å². The SMILES string of the molecule is COc1cccc(OC)c1C(Cl)c1ccc2c(c1)CCC2. The molecule has 3 rings (SSSR count). The Labute approximate surface area is 130 Å². The molecule has 0 amide bonds. The number of rotatable bonds is 4. The van der Waals surface area contributed by atoms with Crippen LogP contribution >= 0.6 is 11.6 Å². The molecule has 1 aliphatic rings. The highest BCUT2D eigenvalue weighted by Gasteiger charge is 2.22. The van der Waals surface area contributed by atoms with Crippen molar-refractivity contribution in [2.45, 2.75) is 24.6 Å². The molecule has 2 nitrogen and oxygen atoms in total. The quantitative estimate of drug-likeness (QED) is 0.773. The maximum atomic E-state index is 6.74. The van der Waals surface area contributed by atoms with Gasteiger partial charge in [0.25, 0.3) is 0 Å². The van der Waals surface area contributed by atoms with E-state index in [1.54, 1.807) is 14.2 Å². The van der Waals surface area contributed by atoms with Gasteiger partial charge in [0.1, 0.15) is 11.5 Å². The van der Waals surface area contributed by atoms with Crippen molar-refractivity contribution in [1.82, 2.24) is 0 Å². The lowest BCUT2D eigenvalue weighted by Gasteiger charge is -2.18. The summed E-state index contributed by atoms with van der Waals surface area (Å²) in [5.74, 6) is 1.52. The van der Waals surface area contributed by atoms with E-state index in [4.69, 9.17) is 21.1 Å². The Morgan fingerprint density at radius 2 is 1.62 bits per heavy atom. The number of alkyl halides is 1. The molecule has 0 aromatic heterocycles. The van der Waals surface area contributed by atoms with Gasteiger partial charge in [-0.3, -0.25) is 0 Å². The average Bonchev–Trinajstić information content (AvgIpc) is 3.00. The largest absolute Gasteiger partial charge is 0.496 e. The van der Waals surface area contributed by atoms with Crippen molar-refractivity contribution in [3.05, 3.63) is 58.7 Å². The number of halogens is 1. The summed E-state index contributed by atoms with van der Waals surface area (Å²) < 4.78 is 10.9. The lowest BCUT2D eigenvalue weighted by atomic mass is 9.99. The van der Waals surface area contributed by atoms with Gasteiger partial charge in [0.15, 0.2) is 0 Å². The molecule has 110 valence electrons. The highest BCUT2D eigenvalue weighted by Crippen LogP contribution is 2.41. The van der Waals surface area contributed by atoms with Crippen molar-refractivity contribution in [2.24, 2.45) is 0 Å². The van der Waals surface area contributed by atoms with Gasteiger partial charge in [-0.2, -0.15) is 0 Å². The second kappa shape index (κ2) is 5.98. The minimum atomic E-state index is -0.276. The zero-order chi connectivity index (χ0) is 14.8. The summed E-state index contributed by atoms with van der Waals surface area (Å²) in [5.41, 5.74) is 4.86. The number of benzene rings is 2. The summed E-state index contributed by atoms with van der Waals surface area (Å²) in [4.78, 5) is 0. The van der Waals surface area contributed by atoms with E-state index in [9.17, 15) is 0 Å². The zero-order valence-electron chi connectivity index (χ0n) is 12.4. The maximum Gasteiger partial charge on any atom is 0.127 e. The van der Waals surface area contributed by atoms with Crippen LogP contribution in [-0.2, 0) is 12.8 Å². The van der Waals surface area contributed by atoms with E-state index < -0.39 is 0 Å². The van der Waals surface area contributed by atoms with E-state index in [-0.39, 0.29) is 5.38 Å². The van der Waals surface area contributed by atoms with E-state index in [0.717, 1.165) is 29.0 Å². The Hall–Kier alpha value is -1.67. The number of fused-ring (bicyclic) bond motifs is 1. The van der Waals surface area contributed by atoms with Crippen LogP contribution in [-0.4, -0.2) is 14.2 Å². The third kappa shape index (κ3) is 2.60. The van der Waals surface area contributed by atoms with Crippen LogP contribution < -0.4 is 9.47 Å². The normalized spacial score (nSPS) is 14.6. The molecule has 1 unspecified atom stereocenters. The van der Waals surface area contributed by atoms with E-state index in [2.05, 4.69) is 18.2 Å². The Balaban J connectivity index is 2.04. The van der Waals surface area contributed by atoms with Crippen molar-refractivity contribution in [1.29, 1.82) is 0 Å². The highest BCUT2D eigenvalue weighted by atomic mass is 35.5. The first-order valence-electron chi connectivity index (χ1n) is 7.21. The van der Waals surface area contributed by atoms with E-state index in [0.29, 0.717) is 0 Å². The Bertz CT molecular complexity index is 629. The summed E-state index contributed by atoms with van der Waals surface area (Å²) in [6, 6.07) is 12.3. The molecule has 0 N–H and O–H groups in total. The minimum Gasteiger partial charge on any atom is -0.496 e. The molecule has 0 bridgehead atoms. The second-order valence-electron chi connectivity index (χ2n) is 5.32. The molecule has 0 spiro atoms. The number of hydrogen-bond donors (Lipinski definition) is 0. The number of ether oxygens (including phenoxy) is 2. The molecule has 0 saturated carbocycles. The lowest BCUT2D eigenvalue weighted by molar-refractivity contribution is 0.386. The van der Waals surface area contributed by atoms with Crippen molar-refractivity contribution in [2.75, 3.05) is 14.2 Å². The molecule has 2 aromatic rings. The Morgan fingerprint density at radius 1 is 0.952 bits per heavy atom. The zero-order valence-corrected chi connectivity index (χ0v) is 13.1. The number of hydrogen-bond acceptors (Lipinski definition) is 2. The average molecular weight is 303 g/mol. The summed E-state index contributed by atoms with van der Waals surface area (Å²) in [7, 11) is 3.31. The summed E-state index contributed by atoms with van der Waals surface area (Å²) in [5, 5.41) is -0.276. The van der Waals surface area contributed by atoms with Gasteiger partial charge in [0.2, 0.25) is 0 Å². The summed E-state index contributed by atoms with van der Waals surface area (Å²) in [6.45, 7) is 0. The molecule has 3 heteroatoms. The van der Waals surface area contributed by atoms with Gasteiger partial charge < -0.3 is 9.47 Å². The smallest absolute Gasteiger partial charge is 0.127 e. The summed E-state index contributed by atoms with van der Waals surface area (Å²) in [6.07, 6.45) is 3.57. The first-order chi connectivity index (χ1) is 10.2. The molecule has 1 aliphatic carbocycles. The standard InChI is InChI=1S/C18H19ClO2/c1-20-15-7-4-8-16(21-2)17(15)18(19)14-10-9-12-5-3-6-13(12)11-14/h4,7-11,18H,3,5-6H2,1-2H3. The van der Waals surface area contributed by atoms with Gasteiger partial charge in [-0.15, -0.1) is 11.6 Å². The fraction of sp³-hybridized carbons (Fsp3) is 0.333. The first-order valence-corrected chi connectivity index (χ1v) is 7.65. The predicted octanol–water partition coefficient (Wildman–Crippen LogP) is 4.52. The number of methoxy groups -OCH3 is 2. The fourth-order valence-corrected chi connectivity index (χ4v) is 3.40. The molecule has 21 heavy (non-hydrogen) atoms. The molecular formula is C18H19ClO2. The first kappa shape index (κ1) is 14.3. The molecule has 0 radical (unpaired) electrons. The molecule has 0 aliphatic heterocycles. The van der Waals surface area contributed by atoms with Gasteiger partial charge in [-0.25, -0.2) is 0 Å². The molecule has 0 saturated heterocycles. The van der Waals surface area contributed by atoms with E-state index in [1.807, 2.05) is 18.2 Å². The topological polar surface area (TPSA) is 18.5 Å². The number of aryl methyl sites for hydroxylation is 2. The maximum absolute atomic E-state index is 6.74. The van der Waals surface area contributed by atoms with Crippen molar-refractivity contribution in [3.8, 4) is 11.5 Å². The fourth-order valence-electron chi connectivity index (χ4n) is 3.05. The van der Waals surface area contributed by atoms with Crippen LogP contribution in [0.3, 0.4) is 0 Å². The summed E-state index contributed by atoms with van der Waals surface area (Å²) >= 11 is 6.74. The van der Waals surface area contributed by atoms with Crippen molar-refractivity contribution < 1.29 is 9.47 Å². The van der Waals surface area contributed by atoms with Crippen LogP contribution in [0.2, 0.25) is 0 Å². The van der Waals surface area contributed by atoms with Crippen LogP contribution in [0.1, 0.15) is 34.1 Å². The Morgan fingerprint density at radius 3 is 2.29 bits per heavy atom. The third-order valence-electron chi connectivity index (χ3n) is 4.13.